The first-order valence-corrected chi connectivity index (χ1v) is 5.76. The van der Waals surface area contributed by atoms with Crippen LogP contribution in [0.2, 0.25) is 0 Å². The van der Waals surface area contributed by atoms with E-state index in [1.54, 1.807) is 11.5 Å². The van der Waals surface area contributed by atoms with Gasteiger partial charge in [0.2, 0.25) is 0 Å². The van der Waals surface area contributed by atoms with E-state index in [4.69, 9.17) is 0 Å². The maximum absolute atomic E-state index is 4.25. The van der Waals surface area contributed by atoms with E-state index in [2.05, 4.69) is 27.9 Å². The average molecular weight is 204 g/mol. The number of hydrogen-bond acceptors (Lipinski definition) is 3. The Labute approximate surface area is 87.1 Å². The quantitative estimate of drug-likeness (QED) is 0.771. The summed E-state index contributed by atoms with van der Waals surface area (Å²) in [6.07, 6.45) is 3.23. The first kappa shape index (κ1) is 8.38. The van der Waals surface area contributed by atoms with E-state index < -0.39 is 0 Å². The third-order valence-electron chi connectivity index (χ3n) is 2.91. The standard InChI is InChI=1S/C11H12N2S/c1-2-9-7-13-14-11(9)10(3-1)8-4-5-12-6-8/h1-3,7-8,12H,4-6H2. The van der Waals surface area contributed by atoms with E-state index in [1.807, 2.05) is 6.20 Å². The number of rotatable bonds is 1. The Morgan fingerprint density at radius 2 is 2.43 bits per heavy atom. The monoisotopic (exact) mass is 204 g/mol. The van der Waals surface area contributed by atoms with Crippen LogP contribution in [0.3, 0.4) is 0 Å². The summed E-state index contributed by atoms with van der Waals surface area (Å²) in [4.78, 5) is 0. The normalized spacial score (nSPS) is 21.9. The molecule has 72 valence electrons. The van der Waals surface area contributed by atoms with Gasteiger partial charge in [0, 0.05) is 18.1 Å². The van der Waals surface area contributed by atoms with Crippen molar-refractivity contribution in [2.24, 2.45) is 0 Å². The summed E-state index contributed by atoms with van der Waals surface area (Å²) in [6.45, 7) is 2.27. The fourth-order valence-electron chi connectivity index (χ4n) is 2.16. The number of nitrogens with one attached hydrogen (secondary N) is 1. The Balaban J connectivity index is 2.14. The molecule has 1 aliphatic rings. The summed E-state index contributed by atoms with van der Waals surface area (Å²) in [5, 5.41) is 4.70. The molecule has 1 aliphatic heterocycles. The highest BCUT2D eigenvalue weighted by Crippen LogP contribution is 2.31. The van der Waals surface area contributed by atoms with Gasteiger partial charge < -0.3 is 5.32 Å². The maximum Gasteiger partial charge on any atom is 0.0585 e. The molecule has 3 rings (SSSR count). The lowest BCUT2D eigenvalue weighted by Crippen LogP contribution is -2.07. The molecule has 0 radical (unpaired) electrons. The van der Waals surface area contributed by atoms with Crippen LogP contribution in [0.4, 0.5) is 0 Å². The number of aromatic nitrogens is 1. The molecule has 3 heteroatoms. The molecule has 0 spiro atoms. The average Bonchev–Trinajstić information content (AvgIpc) is 2.88. The summed E-state index contributed by atoms with van der Waals surface area (Å²) in [6, 6.07) is 6.54. The second kappa shape index (κ2) is 3.33. The summed E-state index contributed by atoms with van der Waals surface area (Å²) >= 11 is 1.62. The van der Waals surface area contributed by atoms with Crippen LogP contribution in [-0.2, 0) is 0 Å². The molecule has 1 unspecified atom stereocenters. The number of nitrogens with zero attached hydrogens (tertiary/aromatic N) is 1. The minimum atomic E-state index is 0.694. The zero-order valence-electron chi connectivity index (χ0n) is 7.86. The van der Waals surface area contributed by atoms with E-state index in [0.717, 1.165) is 13.1 Å². The largest absolute Gasteiger partial charge is 0.316 e. The van der Waals surface area contributed by atoms with Gasteiger partial charge >= 0.3 is 0 Å². The van der Waals surface area contributed by atoms with Crippen molar-refractivity contribution in [2.45, 2.75) is 12.3 Å². The molecule has 0 amide bonds. The Morgan fingerprint density at radius 3 is 3.29 bits per heavy atom. The summed E-state index contributed by atoms with van der Waals surface area (Å²) in [5.74, 6) is 0.694. The van der Waals surface area contributed by atoms with Gasteiger partial charge in [0.25, 0.3) is 0 Å². The zero-order valence-corrected chi connectivity index (χ0v) is 8.68. The molecule has 2 heterocycles. The number of hydrogen-bond donors (Lipinski definition) is 1. The third kappa shape index (κ3) is 1.24. The van der Waals surface area contributed by atoms with E-state index in [9.17, 15) is 0 Å². The van der Waals surface area contributed by atoms with Crippen LogP contribution in [0.1, 0.15) is 17.9 Å². The third-order valence-corrected chi connectivity index (χ3v) is 3.78. The summed E-state index contributed by atoms with van der Waals surface area (Å²) < 4.78 is 5.63. The predicted molar refractivity (Wildman–Crippen MR) is 59.8 cm³/mol. The van der Waals surface area contributed by atoms with E-state index in [-0.39, 0.29) is 0 Å². The predicted octanol–water partition coefficient (Wildman–Crippen LogP) is 2.37. The van der Waals surface area contributed by atoms with Gasteiger partial charge in [-0.05, 0) is 36.0 Å². The van der Waals surface area contributed by atoms with Gasteiger partial charge in [0.15, 0.2) is 0 Å². The molecular formula is C11H12N2S. The van der Waals surface area contributed by atoms with Gasteiger partial charge in [-0.15, -0.1) is 0 Å². The van der Waals surface area contributed by atoms with Gasteiger partial charge in [-0.25, -0.2) is 0 Å². The first-order chi connectivity index (χ1) is 6.95. The summed E-state index contributed by atoms with van der Waals surface area (Å²) in [5.41, 5.74) is 1.48. The first-order valence-electron chi connectivity index (χ1n) is 4.99. The molecule has 14 heavy (non-hydrogen) atoms. The minimum Gasteiger partial charge on any atom is -0.316 e. The van der Waals surface area contributed by atoms with Crippen molar-refractivity contribution in [3.8, 4) is 0 Å². The summed E-state index contributed by atoms with van der Waals surface area (Å²) in [7, 11) is 0. The Bertz CT molecular complexity index is 443. The molecule has 1 N–H and O–H groups in total. The number of fused-ring (bicyclic) bond motifs is 1. The topological polar surface area (TPSA) is 24.9 Å². The molecule has 2 nitrogen and oxygen atoms in total. The highest BCUT2D eigenvalue weighted by Gasteiger charge is 2.18. The lowest BCUT2D eigenvalue weighted by molar-refractivity contribution is 0.771. The molecule has 2 aromatic rings. The maximum atomic E-state index is 4.25. The van der Waals surface area contributed by atoms with Crippen LogP contribution in [0, 0.1) is 0 Å². The van der Waals surface area contributed by atoms with Crippen LogP contribution in [0.15, 0.2) is 24.4 Å². The molecule has 1 fully saturated rings. The lowest BCUT2D eigenvalue weighted by Gasteiger charge is -2.08. The lowest BCUT2D eigenvalue weighted by atomic mass is 9.97. The molecule has 1 saturated heterocycles. The van der Waals surface area contributed by atoms with Crippen LogP contribution in [-0.4, -0.2) is 17.5 Å². The van der Waals surface area contributed by atoms with Gasteiger partial charge in [-0.2, -0.15) is 4.37 Å². The highest BCUT2D eigenvalue weighted by molar-refractivity contribution is 7.13. The zero-order chi connectivity index (χ0) is 9.38. The van der Waals surface area contributed by atoms with Crippen molar-refractivity contribution in [2.75, 3.05) is 13.1 Å². The van der Waals surface area contributed by atoms with Gasteiger partial charge in [-0.1, -0.05) is 18.2 Å². The van der Waals surface area contributed by atoms with E-state index in [0.29, 0.717) is 5.92 Å². The fraction of sp³-hybridized carbons (Fsp3) is 0.364. The number of benzene rings is 1. The highest BCUT2D eigenvalue weighted by atomic mass is 32.1. The Hall–Kier alpha value is -0.930. The van der Waals surface area contributed by atoms with Crippen molar-refractivity contribution in [1.82, 2.24) is 9.69 Å². The SMILES string of the molecule is c1cc(C2CCNC2)c2sncc2c1. The molecule has 1 atom stereocenters. The van der Waals surface area contributed by atoms with Crippen LogP contribution in [0.5, 0.6) is 0 Å². The van der Waals surface area contributed by atoms with Crippen LogP contribution >= 0.6 is 11.5 Å². The van der Waals surface area contributed by atoms with Crippen molar-refractivity contribution < 1.29 is 0 Å². The van der Waals surface area contributed by atoms with E-state index >= 15 is 0 Å². The van der Waals surface area contributed by atoms with Gasteiger partial charge in [0.1, 0.15) is 0 Å². The Kier molecular flexibility index (Phi) is 2.00. The fourth-order valence-corrected chi connectivity index (χ4v) is 3.00. The van der Waals surface area contributed by atoms with Gasteiger partial charge in [-0.3, -0.25) is 0 Å². The minimum absolute atomic E-state index is 0.694. The van der Waals surface area contributed by atoms with Crippen LogP contribution < -0.4 is 5.32 Å². The van der Waals surface area contributed by atoms with Crippen molar-refractivity contribution in [1.29, 1.82) is 0 Å². The van der Waals surface area contributed by atoms with Crippen molar-refractivity contribution in [3.05, 3.63) is 30.0 Å². The smallest absolute Gasteiger partial charge is 0.0585 e. The van der Waals surface area contributed by atoms with Crippen molar-refractivity contribution >= 4 is 21.6 Å². The molecule has 0 saturated carbocycles. The second-order valence-electron chi connectivity index (χ2n) is 3.78. The Morgan fingerprint density at radius 1 is 1.43 bits per heavy atom. The van der Waals surface area contributed by atoms with Gasteiger partial charge in [0.05, 0.1) is 4.70 Å². The molecular weight excluding hydrogens is 192 g/mol. The van der Waals surface area contributed by atoms with E-state index in [1.165, 1.54) is 22.1 Å². The molecule has 1 aromatic heterocycles. The molecule has 1 aromatic carbocycles. The molecule has 0 aliphatic carbocycles. The molecule has 0 bridgehead atoms. The van der Waals surface area contributed by atoms with Crippen molar-refractivity contribution in [3.63, 3.8) is 0 Å². The second-order valence-corrected chi connectivity index (χ2v) is 4.58. The van der Waals surface area contributed by atoms with Crippen LogP contribution in [0.25, 0.3) is 10.1 Å².